The lowest BCUT2D eigenvalue weighted by molar-refractivity contribution is 0.140. The Balaban J connectivity index is 1.45. The van der Waals surface area contributed by atoms with Crippen molar-refractivity contribution in [2.75, 3.05) is 19.8 Å². The van der Waals surface area contributed by atoms with Crippen LogP contribution in [0.1, 0.15) is 55.3 Å². The van der Waals surface area contributed by atoms with Crippen molar-refractivity contribution < 1.29 is 14.3 Å². The maximum atomic E-state index is 13.2. The normalized spacial score (nSPS) is 21.9. The highest BCUT2D eigenvalue weighted by Gasteiger charge is 2.46. The second-order valence-corrected chi connectivity index (χ2v) is 8.56. The van der Waals surface area contributed by atoms with Gasteiger partial charge in [0.05, 0.1) is 12.2 Å². The summed E-state index contributed by atoms with van der Waals surface area (Å²) in [6, 6.07) is 4.26. The van der Waals surface area contributed by atoms with Crippen LogP contribution in [0.2, 0.25) is 0 Å². The first-order chi connectivity index (χ1) is 14.1. The van der Waals surface area contributed by atoms with Gasteiger partial charge in [-0.05, 0) is 43.0 Å². The molecule has 3 heterocycles. The fourth-order valence-corrected chi connectivity index (χ4v) is 5.19. The second kappa shape index (κ2) is 6.97. The number of rotatable bonds is 2. The first kappa shape index (κ1) is 18.3. The minimum Gasteiger partial charge on any atom is -0.486 e. The molecule has 2 amide bonds. The molecule has 0 saturated heterocycles. The molecule has 0 unspecified atom stereocenters. The third-order valence-corrected chi connectivity index (χ3v) is 6.70. The summed E-state index contributed by atoms with van der Waals surface area (Å²) in [6.45, 7) is 4.51. The molecule has 154 valence electrons. The van der Waals surface area contributed by atoms with E-state index in [9.17, 15) is 4.79 Å². The zero-order chi connectivity index (χ0) is 20.0. The van der Waals surface area contributed by atoms with Crippen LogP contribution in [0.15, 0.2) is 24.5 Å². The van der Waals surface area contributed by atoms with E-state index in [0.717, 1.165) is 36.4 Å². The van der Waals surface area contributed by atoms with Gasteiger partial charge in [0.2, 0.25) is 0 Å². The standard InChI is InChI=1S/C22H28N4O3/c1-15-17-9-19-20(29-8-7-28-19)10-18(17)22(5-3-4-6-22)14-26(15)21(27)23-11-16-12-24-25(2)13-16/h9-10,12-13,15H,3-8,11,14H2,1-2H3,(H,23,27)/t15-/m0/s1. The molecule has 1 spiro atoms. The summed E-state index contributed by atoms with van der Waals surface area (Å²) in [5, 5.41) is 7.27. The van der Waals surface area contributed by atoms with E-state index in [4.69, 9.17) is 9.47 Å². The Morgan fingerprint density at radius 3 is 2.66 bits per heavy atom. The third kappa shape index (κ3) is 3.12. The Morgan fingerprint density at radius 2 is 1.97 bits per heavy atom. The van der Waals surface area contributed by atoms with E-state index >= 15 is 0 Å². The van der Waals surface area contributed by atoms with Crippen LogP contribution >= 0.6 is 0 Å². The van der Waals surface area contributed by atoms with Crippen molar-refractivity contribution in [1.29, 1.82) is 0 Å². The van der Waals surface area contributed by atoms with Crippen LogP contribution in [0.3, 0.4) is 0 Å². The van der Waals surface area contributed by atoms with Crippen molar-refractivity contribution in [3.05, 3.63) is 41.2 Å². The molecule has 2 aromatic rings. The summed E-state index contributed by atoms with van der Waals surface area (Å²) in [5.74, 6) is 1.65. The molecule has 1 aliphatic carbocycles. The zero-order valence-electron chi connectivity index (χ0n) is 17.1. The number of amides is 2. The molecular formula is C22H28N4O3. The minimum absolute atomic E-state index is 0.0130. The van der Waals surface area contributed by atoms with E-state index < -0.39 is 0 Å². The molecule has 5 rings (SSSR count). The Morgan fingerprint density at radius 1 is 1.24 bits per heavy atom. The second-order valence-electron chi connectivity index (χ2n) is 8.56. The topological polar surface area (TPSA) is 68.6 Å². The third-order valence-electron chi connectivity index (χ3n) is 6.70. The molecule has 1 N–H and O–H groups in total. The largest absolute Gasteiger partial charge is 0.486 e. The first-order valence-electron chi connectivity index (χ1n) is 10.5. The molecule has 1 fully saturated rings. The van der Waals surface area contributed by atoms with Gasteiger partial charge in [0.25, 0.3) is 0 Å². The van der Waals surface area contributed by atoms with Crippen LogP contribution in [0.5, 0.6) is 11.5 Å². The van der Waals surface area contributed by atoms with Crippen molar-refractivity contribution in [2.24, 2.45) is 7.05 Å². The van der Waals surface area contributed by atoms with Gasteiger partial charge in [-0.25, -0.2) is 4.79 Å². The van der Waals surface area contributed by atoms with Crippen LogP contribution in [-0.2, 0) is 19.0 Å². The summed E-state index contributed by atoms with van der Waals surface area (Å²) < 4.78 is 13.5. The number of aromatic nitrogens is 2. The van der Waals surface area contributed by atoms with Gasteiger partial charge in [0.1, 0.15) is 13.2 Å². The molecule has 0 bridgehead atoms. The van der Waals surface area contributed by atoms with Crippen LogP contribution in [0, 0.1) is 0 Å². The number of urea groups is 1. The Hall–Kier alpha value is -2.70. The molecule has 1 saturated carbocycles. The lowest BCUT2D eigenvalue weighted by Crippen LogP contribution is -2.51. The maximum absolute atomic E-state index is 13.2. The molecule has 1 aromatic heterocycles. The fraction of sp³-hybridized carbons (Fsp3) is 0.545. The lowest BCUT2D eigenvalue weighted by Gasteiger charge is -2.46. The van der Waals surface area contributed by atoms with E-state index in [1.807, 2.05) is 18.1 Å². The number of carbonyl (C=O) groups is 1. The Labute approximate surface area is 171 Å². The van der Waals surface area contributed by atoms with Crippen LogP contribution in [0.25, 0.3) is 0 Å². The Kier molecular flexibility index (Phi) is 4.41. The van der Waals surface area contributed by atoms with Crippen molar-refractivity contribution in [3.8, 4) is 11.5 Å². The number of hydrogen-bond donors (Lipinski definition) is 1. The smallest absolute Gasteiger partial charge is 0.318 e. The first-order valence-corrected chi connectivity index (χ1v) is 10.5. The van der Waals surface area contributed by atoms with E-state index in [2.05, 4.69) is 29.5 Å². The lowest BCUT2D eigenvalue weighted by atomic mass is 9.71. The predicted octanol–water partition coefficient (Wildman–Crippen LogP) is 3.29. The number of nitrogens with one attached hydrogen (secondary N) is 1. The van der Waals surface area contributed by atoms with Gasteiger partial charge in [-0.15, -0.1) is 0 Å². The number of nitrogens with zero attached hydrogens (tertiary/aromatic N) is 3. The number of fused-ring (bicyclic) bond motifs is 3. The van der Waals surface area contributed by atoms with E-state index in [1.54, 1.807) is 10.9 Å². The highest BCUT2D eigenvalue weighted by Crippen LogP contribution is 2.51. The van der Waals surface area contributed by atoms with Crippen molar-refractivity contribution in [1.82, 2.24) is 20.0 Å². The van der Waals surface area contributed by atoms with Crippen LogP contribution in [-0.4, -0.2) is 40.5 Å². The SMILES string of the molecule is C[C@H]1c2cc3c(cc2C2(CCCC2)CN1C(=O)NCc1cnn(C)c1)OCCO3. The molecule has 29 heavy (non-hydrogen) atoms. The highest BCUT2D eigenvalue weighted by molar-refractivity contribution is 5.76. The van der Waals surface area contributed by atoms with Gasteiger partial charge in [-0.2, -0.15) is 5.10 Å². The molecule has 2 aliphatic heterocycles. The van der Waals surface area contributed by atoms with E-state index in [0.29, 0.717) is 19.8 Å². The summed E-state index contributed by atoms with van der Waals surface area (Å²) in [6.07, 6.45) is 8.34. The van der Waals surface area contributed by atoms with Gasteiger partial charge >= 0.3 is 6.03 Å². The number of ether oxygens (including phenoxy) is 2. The summed E-state index contributed by atoms with van der Waals surface area (Å²) in [7, 11) is 1.88. The molecule has 7 heteroatoms. The number of carbonyl (C=O) groups excluding carboxylic acids is 1. The summed E-state index contributed by atoms with van der Waals surface area (Å²) >= 11 is 0. The number of benzene rings is 1. The minimum atomic E-state index is -0.0202. The maximum Gasteiger partial charge on any atom is 0.318 e. The van der Waals surface area contributed by atoms with Gasteiger partial charge in [-0.3, -0.25) is 4.68 Å². The van der Waals surface area contributed by atoms with Crippen molar-refractivity contribution >= 4 is 6.03 Å². The molecule has 3 aliphatic rings. The van der Waals surface area contributed by atoms with E-state index in [1.165, 1.54) is 24.0 Å². The van der Waals surface area contributed by atoms with Gasteiger partial charge in [0, 0.05) is 37.3 Å². The summed E-state index contributed by atoms with van der Waals surface area (Å²) in [4.78, 5) is 15.2. The van der Waals surface area contributed by atoms with Gasteiger partial charge < -0.3 is 19.7 Å². The molecule has 7 nitrogen and oxygen atoms in total. The predicted molar refractivity (Wildman–Crippen MR) is 108 cm³/mol. The molecular weight excluding hydrogens is 368 g/mol. The zero-order valence-corrected chi connectivity index (χ0v) is 17.1. The average Bonchev–Trinajstić information content (AvgIpc) is 3.37. The average molecular weight is 396 g/mol. The van der Waals surface area contributed by atoms with Crippen molar-refractivity contribution in [2.45, 2.75) is 50.6 Å². The monoisotopic (exact) mass is 396 g/mol. The Bertz CT molecular complexity index is 932. The number of aryl methyl sites for hydroxylation is 1. The van der Waals surface area contributed by atoms with Crippen molar-refractivity contribution in [3.63, 3.8) is 0 Å². The van der Waals surface area contributed by atoms with Gasteiger partial charge in [-0.1, -0.05) is 12.8 Å². The van der Waals surface area contributed by atoms with Crippen LogP contribution in [0.4, 0.5) is 4.79 Å². The highest BCUT2D eigenvalue weighted by atomic mass is 16.6. The molecule has 0 radical (unpaired) electrons. The van der Waals surface area contributed by atoms with Crippen LogP contribution < -0.4 is 14.8 Å². The van der Waals surface area contributed by atoms with Gasteiger partial charge in [0.15, 0.2) is 11.5 Å². The summed E-state index contributed by atoms with van der Waals surface area (Å²) in [5.41, 5.74) is 3.56. The fourth-order valence-electron chi connectivity index (χ4n) is 5.19. The molecule has 1 atom stereocenters. The number of hydrogen-bond acceptors (Lipinski definition) is 4. The quantitative estimate of drug-likeness (QED) is 0.846. The molecule has 1 aromatic carbocycles. The van der Waals surface area contributed by atoms with E-state index in [-0.39, 0.29) is 17.5 Å².